The summed E-state index contributed by atoms with van der Waals surface area (Å²) in [6.07, 6.45) is 3.09. The average molecular weight is 673 g/mol. The third-order valence-corrected chi connectivity index (χ3v) is 15.6. The van der Waals surface area contributed by atoms with Crippen molar-refractivity contribution < 1.29 is 33.3 Å². The van der Waals surface area contributed by atoms with E-state index in [1.807, 2.05) is 0 Å². The number of carbonyl (C=O) groups is 3. The fourth-order valence-corrected chi connectivity index (χ4v) is 8.02. The quantitative estimate of drug-likeness (QED) is 0.0419. The minimum absolute atomic E-state index is 0.258. The van der Waals surface area contributed by atoms with Crippen molar-refractivity contribution in [1.82, 2.24) is 0 Å². The van der Waals surface area contributed by atoms with Gasteiger partial charge >= 0.3 is 17.9 Å². The highest BCUT2D eigenvalue weighted by Gasteiger charge is 2.21. The summed E-state index contributed by atoms with van der Waals surface area (Å²) in [7, 11) is -2.92. The standard InChI is InChI=1S/C12H24O3Si.C12H24O2Si.C10H20O2Si/c1-11(2)12(13)15-9-8-14-7-6-10-16(3,4)5;1-6-15(5,7-2)10-8-9-14-12(13)11(3)4;1-9(2)10(11)12-7-6-8-13(3,4)5/h1,6-10H2,2-5H3;3,6-10H2,1-2,4-5H3;1,6-8H2,2-5H3. The number of ether oxygens (including phenoxy) is 4. The molecule has 7 nitrogen and oxygen atoms in total. The van der Waals surface area contributed by atoms with Gasteiger partial charge in [0.25, 0.3) is 0 Å². The lowest BCUT2D eigenvalue weighted by atomic mass is 10.4. The van der Waals surface area contributed by atoms with Gasteiger partial charge in [0.15, 0.2) is 0 Å². The molecule has 0 aliphatic rings. The number of rotatable bonds is 20. The van der Waals surface area contributed by atoms with Gasteiger partial charge in [0.2, 0.25) is 0 Å². The molecule has 258 valence electrons. The van der Waals surface area contributed by atoms with Crippen LogP contribution in [0.15, 0.2) is 36.5 Å². The third kappa shape index (κ3) is 33.1. The molecule has 0 aromatic rings. The normalized spacial score (nSPS) is 11.2. The molecular formula is C34H68O7Si3. The molecule has 0 amide bonds. The van der Waals surface area contributed by atoms with Gasteiger partial charge in [-0.15, -0.1) is 0 Å². The molecule has 10 heteroatoms. The smallest absolute Gasteiger partial charge is 0.333 e. The Kier molecular flexibility index (Phi) is 27.0. The minimum Gasteiger partial charge on any atom is -0.462 e. The van der Waals surface area contributed by atoms with Crippen LogP contribution in [0.1, 0.15) is 53.9 Å². The van der Waals surface area contributed by atoms with Crippen LogP contribution in [0.4, 0.5) is 0 Å². The second-order valence-corrected chi connectivity index (χ2v) is 31.1. The van der Waals surface area contributed by atoms with E-state index in [1.165, 1.54) is 30.2 Å². The molecule has 0 aromatic heterocycles. The first-order valence-electron chi connectivity index (χ1n) is 16.2. The Morgan fingerprint density at radius 1 is 0.500 bits per heavy atom. The van der Waals surface area contributed by atoms with Crippen molar-refractivity contribution in [3.63, 3.8) is 0 Å². The molecule has 0 radical (unpaired) electrons. The van der Waals surface area contributed by atoms with E-state index in [2.05, 4.69) is 79.4 Å². The molecule has 0 fully saturated rings. The van der Waals surface area contributed by atoms with E-state index >= 15 is 0 Å². The summed E-state index contributed by atoms with van der Waals surface area (Å²) >= 11 is 0. The summed E-state index contributed by atoms with van der Waals surface area (Å²) in [5.41, 5.74) is 1.40. The summed E-state index contributed by atoms with van der Waals surface area (Å²) in [5.74, 6) is -0.868. The van der Waals surface area contributed by atoms with E-state index in [0.29, 0.717) is 43.1 Å². The van der Waals surface area contributed by atoms with Crippen molar-refractivity contribution in [2.24, 2.45) is 0 Å². The molecule has 0 bridgehead atoms. The molecule has 0 spiro atoms. The first kappa shape index (κ1) is 46.7. The third-order valence-electron chi connectivity index (χ3n) is 6.89. The minimum atomic E-state index is -1.01. The van der Waals surface area contributed by atoms with Gasteiger partial charge in [0, 0.05) is 39.5 Å². The van der Waals surface area contributed by atoms with E-state index in [4.69, 9.17) is 18.9 Å². The monoisotopic (exact) mass is 672 g/mol. The Morgan fingerprint density at radius 3 is 1.14 bits per heavy atom. The zero-order valence-corrected chi connectivity index (χ0v) is 33.7. The maximum Gasteiger partial charge on any atom is 0.333 e. The van der Waals surface area contributed by atoms with Crippen LogP contribution in [0, 0.1) is 0 Å². The van der Waals surface area contributed by atoms with Crippen LogP contribution < -0.4 is 0 Å². The SMILES string of the molecule is C=C(C)C(=O)OCCC[Si](C)(C)C.C=C(C)C(=O)OCCC[Si](C)(CC)CC.C=C(C)C(=O)OCCOCCC[Si](C)(C)C. The number of hydrogen-bond acceptors (Lipinski definition) is 7. The van der Waals surface area contributed by atoms with Crippen LogP contribution >= 0.6 is 0 Å². The van der Waals surface area contributed by atoms with Gasteiger partial charge in [-0.1, -0.05) is 110 Å². The maximum atomic E-state index is 11.1. The first-order valence-corrected chi connectivity index (χ1v) is 26.7. The predicted octanol–water partition coefficient (Wildman–Crippen LogP) is 9.30. The van der Waals surface area contributed by atoms with E-state index < -0.39 is 24.2 Å². The van der Waals surface area contributed by atoms with Gasteiger partial charge in [-0.05, 0) is 40.0 Å². The zero-order valence-electron chi connectivity index (χ0n) is 30.7. The second-order valence-electron chi connectivity index (χ2n) is 14.3. The van der Waals surface area contributed by atoms with Crippen LogP contribution in [0.3, 0.4) is 0 Å². The topological polar surface area (TPSA) is 88.1 Å². The Bertz CT molecular complexity index is 867. The second kappa shape index (κ2) is 25.4. The summed E-state index contributed by atoms with van der Waals surface area (Å²) in [5, 5.41) is 0. The number of esters is 3. The number of hydrogen-bond donors (Lipinski definition) is 0. The first-order chi connectivity index (χ1) is 20.1. The Balaban J connectivity index is -0.000000576. The van der Waals surface area contributed by atoms with Gasteiger partial charge in [0.1, 0.15) is 6.61 Å². The average Bonchev–Trinajstić information content (AvgIpc) is 2.91. The van der Waals surface area contributed by atoms with Gasteiger partial charge in [-0.3, -0.25) is 0 Å². The summed E-state index contributed by atoms with van der Waals surface area (Å²) in [6.45, 7) is 39.1. The Labute approximate surface area is 274 Å². The molecule has 0 aliphatic carbocycles. The number of carbonyl (C=O) groups excluding carboxylic acids is 3. The summed E-state index contributed by atoms with van der Waals surface area (Å²) < 4.78 is 20.3. The lowest BCUT2D eigenvalue weighted by molar-refractivity contribution is -0.140. The predicted molar refractivity (Wildman–Crippen MR) is 196 cm³/mol. The Hall–Kier alpha value is -1.76. The van der Waals surface area contributed by atoms with Crippen molar-refractivity contribution in [3.05, 3.63) is 36.5 Å². The lowest BCUT2D eigenvalue weighted by Gasteiger charge is -2.23. The van der Waals surface area contributed by atoms with Gasteiger partial charge in [-0.2, -0.15) is 0 Å². The molecule has 0 saturated heterocycles. The van der Waals surface area contributed by atoms with Gasteiger partial charge in [-0.25, -0.2) is 14.4 Å². The van der Waals surface area contributed by atoms with Gasteiger partial charge in [0.05, 0.1) is 27.9 Å². The van der Waals surface area contributed by atoms with Crippen molar-refractivity contribution in [2.45, 2.75) is 130 Å². The molecule has 0 heterocycles. The maximum absolute atomic E-state index is 11.1. The highest BCUT2D eigenvalue weighted by Crippen LogP contribution is 2.21. The van der Waals surface area contributed by atoms with E-state index in [-0.39, 0.29) is 17.9 Å². The molecule has 0 aliphatic heterocycles. The Morgan fingerprint density at radius 2 is 0.818 bits per heavy atom. The largest absolute Gasteiger partial charge is 0.462 e. The molecule has 0 N–H and O–H groups in total. The zero-order chi connectivity index (χ0) is 35.0. The fourth-order valence-electron chi connectivity index (χ4n) is 3.40. The van der Waals surface area contributed by atoms with Crippen molar-refractivity contribution in [2.75, 3.05) is 33.0 Å². The molecule has 0 aromatic carbocycles. The van der Waals surface area contributed by atoms with Crippen molar-refractivity contribution >= 4 is 42.1 Å². The van der Waals surface area contributed by atoms with E-state index in [9.17, 15) is 14.4 Å². The fraction of sp³-hybridized carbons (Fsp3) is 0.735. The van der Waals surface area contributed by atoms with E-state index in [0.717, 1.165) is 25.9 Å². The van der Waals surface area contributed by atoms with Gasteiger partial charge < -0.3 is 18.9 Å². The van der Waals surface area contributed by atoms with Crippen molar-refractivity contribution in [3.8, 4) is 0 Å². The lowest BCUT2D eigenvalue weighted by Crippen LogP contribution is -2.27. The summed E-state index contributed by atoms with van der Waals surface area (Å²) in [6, 6.07) is 6.37. The molecule has 0 atom stereocenters. The highest BCUT2D eigenvalue weighted by molar-refractivity contribution is 6.78. The molecule has 44 heavy (non-hydrogen) atoms. The van der Waals surface area contributed by atoms with E-state index in [1.54, 1.807) is 20.8 Å². The summed E-state index contributed by atoms with van der Waals surface area (Å²) in [4.78, 5) is 33.0. The molecular weight excluding hydrogens is 605 g/mol. The molecule has 0 rings (SSSR count). The molecule has 0 saturated carbocycles. The van der Waals surface area contributed by atoms with Crippen LogP contribution in [-0.4, -0.2) is 75.2 Å². The van der Waals surface area contributed by atoms with Crippen molar-refractivity contribution in [1.29, 1.82) is 0 Å². The molecule has 0 unspecified atom stereocenters. The van der Waals surface area contributed by atoms with Crippen LogP contribution in [0.25, 0.3) is 0 Å². The van der Waals surface area contributed by atoms with Crippen LogP contribution in [0.2, 0.25) is 76.0 Å². The van der Waals surface area contributed by atoms with Crippen LogP contribution in [0.5, 0.6) is 0 Å². The van der Waals surface area contributed by atoms with Crippen LogP contribution in [-0.2, 0) is 33.3 Å². The highest BCUT2D eigenvalue weighted by atomic mass is 28.3.